The van der Waals surface area contributed by atoms with Crippen molar-refractivity contribution in [3.8, 4) is 0 Å². The number of hydrogen-bond donors (Lipinski definition) is 0. The van der Waals surface area contributed by atoms with Crippen molar-refractivity contribution in [3.63, 3.8) is 0 Å². The van der Waals surface area contributed by atoms with Crippen LogP contribution in [0, 0.1) is 0 Å². The zero-order valence-corrected chi connectivity index (χ0v) is 5.27. The van der Waals surface area contributed by atoms with Crippen molar-refractivity contribution in [3.05, 3.63) is 18.5 Å². The van der Waals surface area contributed by atoms with Crippen molar-refractivity contribution in [1.82, 2.24) is 4.68 Å². The maximum atomic E-state index is 2.20. The van der Waals surface area contributed by atoms with Gasteiger partial charge in [-0.3, -0.25) is 0 Å². The minimum absolute atomic E-state index is 1.12. The van der Waals surface area contributed by atoms with Crippen LogP contribution in [0.15, 0.2) is 18.5 Å². The van der Waals surface area contributed by atoms with Crippen LogP contribution < -0.4 is 4.68 Å². The molecule has 0 unspecified atom stereocenters. The molecule has 2 nitrogen and oxygen atoms in total. The Hall–Kier alpha value is -0.440. The van der Waals surface area contributed by atoms with Crippen LogP contribution in [-0.4, -0.2) is 4.68 Å². The second-order valence-electron chi connectivity index (χ2n) is 1.83. The van der Waals surface area contributed by atoms with E-state index in [9.17, 15) is 0 Å². The first-order valence-electron chi connectivity index (χ1n) is 2.59. The van der Waals surface area contributed by atoms with Gasteiger partial charge in [-0.2, -0.15) is 0 Å². The molecule has 0 N–H and O–H groups in total. The van der Waals surface area contributed by atoms with Crippen LogP contribution >= 0.6 is 11.8 Å². The Morgan fingerprint density at radius 3 is 3.50 bits per heavy atom. The molecule has 8 heavy (non-hydrogen) atoms. The molecule has 2 heterocycles. The molecule has 0 amide bonds. The fourth-order valence-corrected chi connectivity index (χ4v) is 1.80. The van der Waals surface area contributed by atoms with Crippen LogP contribution in [0.25, 0.3) is 0 Å². The highest BCUT2D eigenvalue weighted by Gasteiger charge is 2.14. The SMILES string of the molecule is c1cn2[n+](c1)CSC2. The van der Waals surface area contributed by atoms with Gasteiger partial charge in [-0.15, -0.1) is 9.36 Å². The first-order chi connectivity index (χ1) is 3.97. The van der Waals surface area contributed by atoms with E-state index in [4.69, 9.17) is 0 Å². The minimum atomic E-state index is 1.12. The average Bonchev–Trinajstić information content (AvgIpc) is 2.15. The lowest BCUT2D eigenvalue weighted by Crippen LogP contribution is -2.35. The number of hydrogen-bond acceptors (Lipinski definition) is 1. The molecule has 0 fully saturated rings. The van der Waals surface area contributed by atoms with Crippen molar-refractivity contribution < 1.29 is 4.68 Å². The van der Waals surface area contributed by atoms with Gasteiger partial charge in [0.2, 0.25) is 5.88 Å². The molecule has 0 saturated carbocycles. The van der Waals surface area contributed by atoms with E-state index in [0.29, 0.717) is 0 Å². The summed E-state index contributed by atoms with van der Waals surface area (Å²) >= 11 is 1.94. The first-order valence-corrected chi connectivity index (χ1v) is 3.75. The van der Waals surface area contributed by atoms with Crippen molar-refractivity contribution in [2.75, 3.05) is 0 Å². The summed E-state index contributed by atoms with van der Waals surface area (Å²) in [5, 5.41) is 0. The average molecular weight is 127 g/mol. The topological polar surface area (TPSA) is 8.81 Å². The largest absolute Gasteiger partial charge is 0.220 e. The summed E-state index contributed by atoms with van der Waals surface area (Å²) in [5.74, 6) is 2.24. The van der Waals surface area contributed by atoms with E-state index in [1.54, 1.807) is 0 Å². The van der Waals surface area contributed by atoms with Crippen molar-refractivity contribution >= 4 is 11.8 Å². The Morgan fingerprint density at radius 1 is 1.62 bits per heavy atom. The van der Waals surface area contributed by atoms with Crippen LogP contribution in [0.4, 0.5) is 0 Å². The normalized spacial score (nSPS) is 16.5. The van der Waals surface area contributed by atoms with E-state index in [1.807, 2.05) is 11.8 Å². The standard InChI is InChI=1S/C5H7N2S/c1-2-6-4-8-5-7(6)3-1/h1-3H,4-5H2/q+1. The quantitative estimate of drug-likeness (QED) is 0.459. The molecule has 3 heteroatoms. The van der Waals surface area contributed by atoms with Gasteiger partial charge in [0.05, 0.1) is 6.20 Å². The summed E-state index contributed by atoms with van der Waals surface area (Å²) in [7, 11) is 0. The van der Waals surface area contributed by atoms with E-state index in [1.165, 1.54) is 0 Å². The van der Waals surface area contributed by atoms with E-state index < -0.39 is 0 Å². The fraction of sp³-hybridized carbons (Fsp3) is 0.400. The number of aromatic nitrogens is 2. The van der Waals surface area contributed by atoms with Gasteiger partial charge < -0.3 is 0 Å². The zero-order valence-electron chi connectivity index (χ0n) is 4.45. The number of nitrogens with zero attached hydrogens (tertiary/aromatic N) is 2. The van der Waals surface area contributed by atoms with Gasteiger partial charge >= 0.3 is 0 Å². The molecule has 0 aromatic carbocycles. The number of thioether (sulfide) groups is 1. The van der Waals surface area contributed by atoms with E-state index >= 15 is 0 Å². The summed E-state index contributed by atoms with van der Waals surface area (Å²) in [6.45, 7) is 0. The van der Waals surface area contributed by atoms with E-state index in [2.05, 4.69) is 27.8 Å². The monoisotopic (exact) mass is 127 g/mol. The van der Waals surface area contributed by atoms with Crippen LogP contribution in [0.5, 0.6) is 0 Å². The molecule has 0 saturated heterocycles. The molecule has 0 radical (unpaired) electrons. The van der Waals surface area contributed by atoms with Crippen LogP contribution in [0.3, 0.4) is 0 Å². The van der Waals surface area contributed by atoms with Gasteiger partial charge in [-0.05, 0) is 0 Å². The lowest BCUT2D eigenvalue weighted by Gasteiger charge is -1.80. The molecule has 1 aliphatic rings. The molecule has 1 aromatic rings. The predicted molar refractivity (Wildman–Crippen MR) is 32.2 cm³/mol. The highest BCUT2D eigenvalue weighted by Crippen LogP contribution is 2.08. The van der Waals surface area contributed by atoms with Crippen LogP contribution in [-0.2, 0) is 11.8 Å². The van der Waals surface area contributed by atoms with Gasteiger partial charge in [0, 0.05) is 6.07 Å². The Kier molecular flexibility index (Phi) is 0.842. The summed E-state index contributed by atoms with van der Waals surface area (Å²) in [6, 6.07) is 2.07. The molecule has 0 aliphatic carbocycles. The Labute approximate surface area is 52.1 Å². The van der Waals surface area contributed by atoms with Crippen molar-refractivity contribution in [1.29, 1.82) is 0 Å². The smallest absolute Gasteiger partial charge is 0.150 e. The third-order valence-corrected chi connectivity index (χ3v) is 2.19. The second kappa shape index (κ2) is 1.52. The van der Waals surface area contributed by atoms with Crippen molar-refractivity contribution in [2.24, 2.45) is 0 Å². The van der Waals surface area contributed by atoms with Gasteiger partial charge in [0.15, 0.2) is 6.20 Å². The first kappa shape index (κ1) is 4.44. The van der Waals surface area contributed by atoms with Crippen LogP contribution in [0.1, 0.15) is 0 Å². The molecular formula is C5H7N2S+. The molecular weight excluding hydrogens is 120 g/mol. The minimum Gasteiger partial charge on any atom is -0.150 e. The maximum Gasteiger partial charge on any atom is 0.220 e. The summed E-state index contributed by atoms with van der Waals surface area (Å²) in [4.78, 5) is 0. The fourth-order valence-electron chi connectivity index (χ4n) is 0.871. The van der Waals surface area contributed by atoms with Crippen molar-refractivity contribution in [2.45, 2.75) is 11.8 Å². The summed E-state index contributed by atoms with van der Waals surface area (Å²) in [5.41, 5.74) is 0. The van der Waals surface area contributed by atoms with E-state index in [-0.39, 0.29) is 0 Å². The molecule has 0 spiro atoms. The Morgan fingerprint density at radius 2 is 2.62 bits per heavy atom. The zero-order chi connectivity index (χ0) is 5.40. The van der Waals surface area contributed by atoms with Gasteiger partial charge in [-0.25, -0.2) is 0 Å². The molecule has 1 aromatic heterocycles. The summed E-state index contributed by atoms with van der Waals surface area (Å²) in [6.07, 6.45) is 4.19. The highest BCUT2D eigenvalue weighted by atomic mass is 32.2. The van der Waals surface area contributed by atoms with E-state index in [0.717, 1.165) is 11.8 Å². The second-order valence-corrected chi connectivity index (χ2v) is 2.76. The summed E-state index contributed by atoms with van der Waals surface area (Å²) < 4.78 is 4.40. The number of fused-ring (bicyclic) bond motifs is 1. The third kappa shape index (κ3) is 0.478. The lowest BCUT2D eigenvalue weighted by atomic mass is 10.7. The molecule has 2 rings (SSSR count). The Balaban J connectivity index is 2.54. The van der Waals surface area contributed by atoms with Gasteiger partial charge in [0.25, 0.3) is 0 Å². The highest BCUT2D eigenvalue weighted by molar-refractivity contribution is 7.97. The molecule has 0 bridgehead atoms. The maximum absolute atomic E-state index is 2.20. The number of rotatable bonds is 0. The van der Waals surface area contributed by atoms with Crippen LogP contribution in [0.2, 0.25) is 0 Å². The molecule has 1 aliphatic heterocycles. The predicted octanol–water partition coefficient (Wildman–Crippen LogP) is 0.437. The molecule has 0 atom stereocenters. The van der Waals surface area contributed by atoms with Gasteiger partial charge in [0.1, 0.15) is 5.88 Å². The third-order valence-electron chi connectivity index (χ3n) is 1.29. The Bertz CT molecular complexity index is 176. The van der Waals surface area contributed by atoms with Gasteiger partial charge in [-0.1, -0.05) is 11.8 Å². The lowest BCUT2D eigenvalue weighted by molar-refractivity contribution is -0.749. The molecule has 42 valence electrons.